The first-order valence-corrected chi connectivity index (χ1v) is 13.7. The topological polar surface area (TPSA) is 182 Å². The summed E-state index contributed by atoms with van der Waals surface area (Å²) in [6, 6.07) is 4.62. The van der Waals surface area contributed by atoms with Gasteiger partial charge in [-0.25, -0.2) is 0 Å². The molecule has 224 valence electrons. The van der Waals surface area contributed by atoms with E-state index in [1.165, 1.54) is 4.90 Å². The van der Waals surface area contributed by atoms with E-state index in [2.05, 4.69) is 5.32 Å². The molecule has 1 aromatic heterocycles. The number of fused-ring (bicyclic) bond motifs is 3. The minimum atomic E-state index is -2.67. The number of anilines is 1. The van der Waals surface area contributed by atoms with Crippen molar-refractivity contribution in [1.82, 2.24) is 14.8 Å². The maximum Gasteiger partial charge on any atom is 0.255 e. The summed E-state index contributed by atoms with van der Waals surface area (Å²) in [7, 11) is 8.75. The normalized spacial score (nSPS) is 25.5. The van der Waals surface area contributed by atoms with Gasteiger partial charge in [-0.15, -0.1) is 0 Å². The van der Waals surface area contributed by atoms with Gasteiger partial charge < -0.3 is 40.9 Å². The Labute approximate surface area is 243 Å². The third-order valence-electron chi connectivity index (χ3n) is 8.93. The third kappa shape index (κ3) is 4.20. The minimum absolute atomic E-state index is 0.0410. The highest BCUT2D eigenvalue weighted by atomic mass is 16.3. The van der Waals surface area contributed by atoms with Gasteiger partial charge in [0.2, 0.25) is 5.78 Å². The third-order valence-corrected chi connectivity index (χ3v) is 8.93. The number of nitrogens with two attached hydrogens (primary N) is 1. The molecule has 0 spiro atoms. The molecule has 4 atom stereocenters. The van der Waals surface area contributed by atoms with E-state index in [4.69, 9.17) is 5.73 Å². The van der Waals surface area contributed by atoms with Crippen LogP contribution in [0, 0.1) is 11.8 Å². The number of phenolic OH excluding ortho intramolecular Hbond substituents is 1. The van der Waals surface area contributed by atoms with Crippen LogP contribution in [-0.4, -0.2) is 87.2 Å². The monoisotopic (exact) mass is 579 g/mol. The molecule has 0 radical (unpaired) electrons. The van der Waals surface area contributed by atoms with Crippen LogP contribution in [0.15, 0.2) is 41.3 Å². The molecule has 12 heteroatoms. The van der Waals surface area contributed by atoms with Gasteiger partial charge in [-0.2, -0.15) is 0 Å². The van der Waals surface area contributed by atoms with E-state index < -0.39 is 58.0 Å². The number of nitrogens with zero attached hydrogens (tertiary/aromatic N) is 3. The zero-order valence-corrected chi connectivity index (χ0v) is 24.3. The van der Waals surface area contributed by atoms with Crippen LogP contribution in [-0.2, 0) is 40.9 Å². The Hall–Kier alpha value is -4.13. The summed E-state index contributed by atoms with van der Waals surface area (Å²) in [5.74, 6) is -6.63. The average molecular weight is 580 g/mol. The second-order valence-electron chi connectivity index (χ2n) is 11.8. The number of aromatic hydroxyl groups is 1. The van der Waals surface area contributed by atoms with Crippen molar-refractivity contribution in [1.29, 1.82) is 0 Å². The lowest BCUT2D eigenvalue weighted by Gasteiger charge is -2.50. The molecule has 1 fully saturated rings. The molecule has 1 heterocycles. The fourth-order valence-electron chi connectivity index (χ4n) is 6.89. The fourth-order valence-corrected chi connectivity index (χ4v) is 6.89. The van der Waals surface area contributed by atoms with E-state index in [9.17, 15) is 34.8 Å². The number of nitrogens with one attached hydrogen (secondary N) is 1. The first kappa shape index (κ1) is 29.4. The Balaban J connectivity index is 1.63. The van der Waals surface area contributed by atoms with Crippen LogP contribution in [0.3, 0.4) is 0 Å². The summed E-state index contributed by atoms with van der Waals surface area (Å²) < 4.78 is 1.97. The zero-order chi connectivity index (χ0) is 30.8. The number of carbonyl (C=O) groups is 3. The van der Waals surface area contributed by atoms with Gasteiger partial charge >= 0.3 is 0 Å². The number of rotatable bonds is 7. The molecule has 2 aromatic rings. The predicted octanol–water partition coefficient (Wildman–Crippen LogP) is 0.658. The fraction of sp³-hybridized carbons (Fsp3) is 0.433. The van der Waals surface area contributed by atoms with Crippen molar-refractivity contribution in [2.75, 3.05) is 33.1 Å². The molecule has 0 saturated heterocycles. The molecule has 7 N–H and O–H groups in total. The smallest absolute Gasteiger partial charge is 0.255 e. The number of benzene rings is 1. The number of primary amides is 1. The van der Waals surface area contributed by atoms with E-state index in [0.29, 0.717) is 17.7 Å². The molecule has 1 aromatic carbocycles. The number of aromatic nitrogens is 1. The van der Waals surface area contributed by atoms with Crippen molar-refractivity contribution in [2.24, 2.45) is 24.6 Å². The summed E-state index contributed by atoms with van der Waals surface area (Å²) in [4.78, 5) is 42.9. The Morgan fingerprint density at radius 2 is 1.86 bits per heavy atom. The molecule has 1 saturated carbocycles. The van der Waals surface area contributed by atoms with Crippen molar-refractivity contribution in [3.8, 4) is 5.75 Å². The number of aliphatic hydroxyl groups is 3. The highest BCUT2D eigenvalue weighted by Crippen LogP contribution is 2.54. The number of aryl methyl sites for hydroxylation is 1. The molecule has 1 amide bonds. The summed E-state index contributed by atoms with van der Waals surface area (Å²) >= 11 is 0. The molecule has 0 bridgehead atoms. The summed E-state index contributed by atoms with van der Waals surface area (Å²) in [5, 5.41) is 49.2. The number of hydrogen-bond donors (Lipinski definition) is 6. The van der Waals surface area contributed by atoms with E-state index in [0.717, 1.165) is 11.4 Å². The molecule has 5 rings (SSSR count). The maximum absolute atomic E-state index is 14.1. The lowest BCUT2D eigenvalue weighted by atomic mass is 9.57. The lowest BCUT2D eigenvalue weighted by molar-refractivity contribution is -0.153. The Bertz CT molecular complexity index is 1570. The molecule has 0 aliphatic heterocycles. The molecule has 3 aliphatic carbocycles. The van der Waals surface area contributed by atoms with E-state index in [1.807, 2.05) is 55.0 Å². The second kappa shape index (κ2) is 10.3. The first-order chi connectivity index (χ1) is 19.7. The van der Waals surface area contributed by atoms with Gasteiger partial charge in [0.05, 0.1) is 11.6 Å². The van der Waals surface area contributed by atoms with Gasteiger partial charge in [-0.1, -0.05) is 0 Å². The van der Waals surface area contributed by atoms with Crippen LogP contribution < -0.4 is 16.0 Å². The Kier molecular flexibility index (Phi) is 7.20. The Morgan fingerprint density at radius 3 is 2.43 bits per heavy atom. The molecule has 12 nitrogen and oxygen atoms in total. The second-order valence-corrected chi connectivity index (χ2v) is 11.8. The van der Waals surface area contributed by atoms with Gasteiger partial charge in [-0.3, -0.25) is 19.3 Å². The van der Waals surface area contributed by atoms with Crippen LogP contribution in [0.2, 0.25) is 0 Å². The van der Waals surface area contributed by atoms with Gasteiger partial charge in [-0.05, 0) is 56.6 Å². The van der Waals surface area contributed by atoms with Crippen LogP contribution >= 0.6 is 0 Å². The zero-order valence-electron chi connectivity index (χ0n) is 24.3. The largest absolute Gasteiger partial charge is 0.508 e. The molecule has 4 unspecified atom stereocenters. The lowest BCUT2D eigenvalue weighted by Crippen LogP contribution is -2.65. The summed E-state index contributed by atoms with van der Waals surface area (Å²) in [6.45, 7) is 0.786. The number of phenols is 1. The van der Waals surface area contributed by atoms with Crippen molar-refractivity contribution in [2.45, 2.75) is 37.6 Å². The van der Waals surface area contributed by atoms with E-state index in [-0.39, 0.29) is 36.3 Å². The van der Waals surface area contributed by atoms with Crippen molar-refractivity contribution in [3.63, 3.8) is 0 Å². The van der Waals surface area contributed by atoms with Gasteiger partial charge in [0, 0.05) is 68.9 Å². The number of ketones is 2. The van der Waals surface area contributed by atoms with Gasteiger partial charge in [0.15, 0.2) is 11.4 Å². The molecular weight excluding hydrogens is 542 g/mol. The van der Waals surface area contributed by atoms with E-state index in [1.54, 1.807) is 14.1 Å². The molecular formula is C30H37N5O7. The Morgan fingerprint density at radius 1 is 1.17 bits per heavy atom. The molecule has 3 aliphatic rings. The van der Waals surface area contributed by atoms with Crippen LogP contribution in [0.5, 0.6) is 5.75 Å². The van der Waals surface area contributed by atoms with Crippen LogP contribution in [0.1, 0.15) is 28.8 Å². The quantitative estimate of drug-likeness (QED) is 0.255. The van der Waals surface area contributed by atoms with Gasteiger partial charge in [0.25, 0.3) is 5.91 Å². The maximum atomic E-state index is 14.1. The van der Waals surface area contributed by atoms with Crippen molar-refractivity contribution < 1.29 is 34.8 Å². The van der Waals surface area contributed by atoms with E-state index >= 15 is 0 Å². The van der Waals surface area contributed by atoms with Crippen LogP contribution in [0.4, 0.5) is 5.69 Å². The summed E-state index contributed by atoms with van der Waals surface area (Å²) in [5.41, 5.74) is 4.69. The van der Waals surface area contributed by atoms with Crippen molar-refractivity contribution >= 4 is 28.9 Å². The number of amides is 1. The highest BCUT2D eigenvalue weighted by Gasteiger charge is 2.64. The number of aliphatic hydroxyl groups excluding tert-OH is 2. The minimum Gasteiger partial charge on any atom is -0.508 e. The molecule has 42 heavy (non-hydrogen) atoms. The van der Waals surface area contributed by atoms with Crippen LogP contribution in [0.25, 0.3) is 5.76 Å². The van der Waals surface area contributed by atoms with Crippen molar-refractivity contribution in [3.05, 3.63) is 63.7 Å². The standard InChI is InChI=1S/C30H37N5O7/c1-33(2)19-11-15(12-32-13-16-7-6-8-35(16)5)24(36)21-17(19)9-14-10-18-23(34(3)4)26(38)22(29(31)41)28(40)30(18,42)27(39)20(14)25(21)37/h6-8,11,14,18,23,32,36-37,40,42H,9-10,12-13H2,1-5H3,(H2,31,41). The SMILES string of the molecule is CN(C)c1cc(CNCc2cccn2C)c(O)c2c1CC1CC3C(N(C)C)C(=O)C(C(N)=O)=C(O)C3(O)C(=O)C1=C2O. The predicted molar refractivity (Wildman–Crippen MR) is 155 cm³/mol. The number of Topliss-reactive ketones (excluding diaryl/α,β-unsaturated/α-hetero) is 2. The highest BCUT2D eigenvalue weighted by molar-refractivity contribution is 6.24. The summed E-state index contributed by atoms with van der Waals surface area (Å²) in [6.07, 6.45) is 2.20. The number of likely N-dealkylation sites (N-methyl/N-ethyl adjacent to an activating group) is 1. The number of hydrogen-bond acceptors (Lipinski definition) is 10. The number of carbonyl (C=O) groups excluding carboxylic acids is 3. The van der Waals surface area contributed by atoms with Gasteiger partial charge in [0.1, 0.15) is 22.8 Å². The average Bonchev–Trinajstić information content (AvgIpc) is 3.31. The first-order valence-electron chi connectivity index (χ1n) is 13.7.